The standard InChI is InChI=1S/C39H54/c1-7-10-12-14-15-17-26-39(33-21-18-20-31(27-33)19-16-13-11-8-2)36-28-30(9-3)22-24-34(36)35-25-23-32(29-37(35)39)38(4,5)6/h18,20-25,27-29H,7-17,19,26H2,1-6H3. The number of hydrogen-bond donors (Lipinski definition) is 0. The van der Waals surface area contributed by atoms with E-state index in [0.717, 1.165) is 6.42 Å². The van der Waals surface area contributed by atoms with E-state index in [-0.39, 0.29) is 10.8 Å². The van der Waals surface area contributed by atoms with Crippen LogP contribution in [0.2, 0.25) is 0 Å². The molecule has 0 amide bonds. The third-order valence-electron chi connectivity index (χ3n) is 9.23. The molecule has 0 heteroatoms. The van der Waals surface area contributed by atoms with E-state index in [4.69, 9.17) is 0 Å². The molecule has 0 saturated heterocycles. The number of rotatable bonds is 14. The average Bonchev–Trinajstić information content (AvgIpc) is 3.22. The van der Waals surface area contributed by atoms with Gasteiger partial charge in [0.1, 0.15) is 0 Å². The van der Waals surface area contributed by atoms with Crippen molar-refractivity contribution < 1.29 is 0 Å². The van der Waals surface area contributed by atoms with Crippen molar-refractivity contribution in [1.29, 1.82) is 0 Å². The summed E-state index contributed by atoms with van der Waals surface area (Å²) in [7, 11) is 0. The third kappa shape index (κ3) is 6.53. The van der Waals surface area contributed by atoms with E-state index in [2.05, 4.69) is 102 Å². The van der Waals surface area contributed by atoms with E-state index >= 15 is 0 Å². The van der Waals surface area contributed by atoms with Gasteiger partial charge in [-0.25, -0.2) is 0 Å². The van der Waals surface area contributed by atoms with Crippen molar-refractivity contribution in [2.45, 2.75) is 136 Å². The van der Waals surface area contributed by atoms with Crippen molar-refractivity contribution >= 4 is 0 Å². The molecule has 210 valence electrons. The molecule has 4 rings (SSSR count). The van der Waals surface area contributed by atoms with Crippen LogP contribution < -0.4 is 0 Å². The first-order valence-corrected chi connectivity index (χ1v) is 16.2. The molecule has 0 aliphatic heterocycles. The lowest BCUT2D eigenvalue weighted by atomic mass is 9.67. The van der Waals surface area contributed by atoms with Crippen LogP contribution in [0.5, 0.6) is 0 Å². The van der Waals surface area contributed by atoms with Gasteiger partial charge in [0, 0.05) is 5.41 Å². The van der Waals surface area contributed by atoms with Crippen LogP contribution in [-0.2, 0) is 23.7 Å². The summed E-state index contributed by atoms with van der Waals surface area (Å²) in [4.78, 5) is 0. The van der Waals surface area contributed by atoms with Crippen LogP contribution in [0.25, 0.3) is 11.1 Å². The fourth-order valence-electron chi connectivity index (χ4n) is 6.79. The second-order valence-electron chi connectivity index (χ2n) is 13.2. The van der Waals surface area contributed by atoms with Gasteiger partial charge in [-0.2, -0.15) is 0 Å². The van der Waals surface area contributed by atoms with Crippen molar-refractivity contribution in [2.24, 2.45) is 0 Å². The molecule has 1 aliphatic carbocycles. The largest absolute Gasteiger partial charge is 0.0654 e. The molecule has 0 fully saturated rings. The van der Waals surface area contributed by atoms with Crippen LogP contribution in [0.3, 0.4) is 0 Å². The molecular formula is C39H54. The summed E-state index contributed by atoms with van der Waals surface area (Å²) < 4.78 is 0. The SMILES string of the molecule is CCCCCCCCC1(c2cccc(CCCCCC)c2)c2cc(CC)ccc2-c2ccc(C(C)(C)C)cc21. The molecule has 39 heavy (non-hydrogen) atoms. The van der Waals surface area contributed by atoms with E-state index in [1.54, 1.807) is 11.1 Å². The highest BCUT2D eigenvalue weighted by Gasteiger charge is 2.44. The van der Waals surface area contributed by atoms with Gasteiger partial charge in [0.15, 0.2) is 0 Å². The van der Waals surface area contributed by atoms with Gasteiger partial charge in [-0.05, 0) is 75.6 Å². The molecule has 0 saturated carbocycles. The second kappa shape index (κ2) is 13.3. The summed E-state index contributed by atoms with van der Waals surface area (Å²) in [6, 6.07) is 24.5. The van der Waals surface area contributed by atoms with Gasteiger partial charge in [0.2, 0.25) is 0 Å². The van der Waals surface area contributed by atoms with Gasteiger partial charge in [0.25, 0.3) is 0 Å². The Hall–Kier alpha value is -2.34. The Morgan fingerprint density at radius 3 is 1.92 bits per heavy atom. The first-order valence-electron chi connectivity index (χ1n) is 16.2. The van der Waals surface area contributed by atoms with Crippen molar-refractivity contribution in [3.63, 3.8) is 0 Å². The van der Waals surface area contributed by atoms with E-state index < -0.39 is 0 Å². The maximum Gasteiger partial charge on any atom is 0.0463 e. The Morgan fingerprint density at radius 2 is 1.23 bits per heavy atom. The molecule has 0 bridgehead atoms. The van der Waals surface area contributed by atoms with E-state index in [9.17, 15) is 0 Å². The van der Waals surface area contributed by atoms with E-state index in [1.807, 2.05) is 0 Å². The zero-order valence-electron chi connectivity index (χ0n) is 26.0. The monoisotopic (exact) mass is 522 g/mol. The summed E-state index contributed by atoms with van der Waals surface area (Å²) in [5, 5.41) is 0. The highest BCUT2D eigenvalue weighted by Crippen LogP contribution is 2.56. The van der Waals surface area contributed by atoms with Crippen molar-refractivity contribution in [3.8, 4) is 11.1 Å². The lowest BCUT2D eigenvalue weighted by Gasteiger charge is -2.35. The molecule has 3 aromatic rings. The number of fused-ring (bicyclic) bond motifs is 3. The molecule has 0 aromatic heterocycles. The molecule has 1 atom stereocenters. The molecule has 1 aliphatic rings. The fraction of sp³-hybridized carbons (Fsp3) is 0.538. The highest BCUT2D eigenvalue weighted by atomic mass is 14.5. The Morgan fingerprint density at radius 1 is 0.590 bits per heavy atom. The Balaban J connectivity index is 1.85. The lowest BCUT2D eigenvalue weighted by Crippen LogP contribution is -2.28. The molecule has 0 N–H and O–H groups in total. The van der Waals surface area contributed by atoms with Crippen LogP contribution >= 0.6 is 0 Å². The molecule has 3 aromatic carbocycles. The number of aryl methyl sites for hydroxylation is 2. The molecule has 0 spiro atoms. The summed E-state index contributed by atoms with van der Waals surface area (Å²) in [6.45, 7) is 14.0. The maximum atomic E-state index is 2.59. The molecule has 0 nitrogen and oxygen atoms in total. The van der Waals surface area contributed by atoms with Gasteiger partial charge >= 0.3 is 0 Å². The number of hydrogen-bond acceptors (Lipinski definition) is 0. The quantitative estimate of drug-likeness (QED) is 0.185. The topological polar surface area (TPSA) is 0 Å². The minimum absolute atomic E-state index is 0.0682. The first kappa shape index (κ1) is 29.6. The van der Waals surface area contributed by atoms with E-state index in [0.29, 0.717) is 0 Å². The summed E-state index contributed by atoms with van der Waals surface area (Å²) in [5.41, 5.74) is 12.0. The van der Waals surface area contributed by atoms with Gasteiger partial charge < -0.3 is 0 Å². The number of benzene rings is 3. The zero-order valence-corrected chi connectivity index (χ0v) is 26.0. The van der Waals surface area contributed by atoms with Crippen LogP contribution in [0.1, 0.15) is 146 Å². The van der Waals surface area contributed by atoms with Gasteiger partial charge in [-0.15, -0.1) is 0 Å². The summed E-state index contributed by atoms with van der Waals surface area (Å²) in [6.07, 6.45) is 16.8. The molecular weight excluding hydrogens is 468 g/mol. The van der Waals surface area contributed by atoms with Crippen molar-refractivity contribution in [1.82, 2.24) is 0 Å². The first-order chi connectivity index (χ1) is 18.8. The highest BCUT2D eigenvalue weighted by molar-refractivity contribution is 5.84. The van der Waals surface area contributed by atoms with Crippen LogP contribution in [0.15, 0.2) is 60.7 Å². The minimum Gasteiger partial charge on any atom is -0.0654 e. The van der Waals surface area contributed by atoms with E-state index in [1.165, 1.54) is 110 Å². The van der Waals surface area contributed by atoms with Crippen LogP contribution in [0, 0.1) is 0 Å². The van der Waals surface area contributed by atoms with Crippen molar-refractivity contribution in [2.75, 3.05) is 0 Å². The third-order valence-corrected chi connectivity index (χ3v) is 9.23. The van der Waals surface area contributed by atoms with Crippen LogP contribution in [0.4, 0.5) is 0 Å². The maximum absolute atomic E-state index is 2.59. The second-order valence-corrected chi connectivity index (χ2v) is 13.2. The fourth-order valence-corrected chi connectivity index (χ4v) is 6.79. The Labute approximate surface area is 240 Å². The zero-order chi connectivity index (χ0) is 27.9. The predicted octanol–water partition coefficient (Wildman–Crippen LogP) is 11.7. The average molecular weight is 523 g/mol. The van der Waals surface area contributed by atoms with Crippen LogP contribution in [-0.4, -0.2) is 0 Å². The predicted molar refractivity (Wildman–Crippen MR) is 172 cm³/mol. The van der Waals surface area contributed by atoms with Crippen molar-refractivity contribution in [3.05, 3.63) is 94.0 Å². The molecule has 0 heterocycles. The number of unbranched alkanes of at least 4 members (excludes halogenated alkanes) is 8. The van der Waals surface area contributed by atoms with Gasteiger partial charge in [0.05, 0.1) is 0 Å². The molecule has 0 radical (unpaired) electrons. The normalized spacial score (nSPS) is 16.4. The Bertz CT molecular complexity index is 1210. The molecule has 1 unspecified atom stereocenters. The summed E-state index contributed by atoms with van der Waals surface area (Å²) in [5.74, 6) is 0. The summed E-state index contributed by atoms with van der Waals surface area (Å²) >= 11 is 0. The smallest absolute Gasteiger partial charge is 0.0463 e. The van der Waals surface area contributed by atoms with Gasteiger partial charge in [-0.3, -0.25) is 0 Å². The lowest BCUT2D eigenvalue weighted by molar-refractivity contribution is 0.503. The van der Waals surface area contributed by atoms with Gasteiger partial charge in [-0.1, -0.05) is 160 Å². The minimum atomic E-state index is -0.0682. The Kier molecular flexibility index (Phi) is 10.1.